The smallest absolute Gasteiger partial charge is 0.219 e. The Kier molecular flexibility index (Phi) is 7.81. The molecule has 1 aromatic rings. The van der Waals surface area contributed by atoms with E-state index < -0.39 is 0 Å². The Morgan fingerprint density at radius 2 is 1.58 bits per heavy atom. The van der Waals surface area contributed by atoms with Gasteiger partial charge in [-0.15, -0.1) is 0 Å². The summed E-state index contributed by atoms with van der Waals surface area (Å²) in [5.41, 5.74) is 3.74. The van der Waals surface area contributed by atoms with Gasteiger partial charge in [0.05, 0.1) is 0 Å². The van der Waals surface area contributed by atoms with Gasteiger partial charge in [0.15, 0.2) is 5.78 Å². The monoisotopic (exact) mass is 424 g/mol. The Bertz CT molecular complexity index is 760. The molecule has 2 heterocycles. The third kappa shape index (κ3) is 6.19. The van der Waals surface area contributed by atoms with E-state index in [1.807, 2.05) is 4.90 Å². The van der Waals surface area contributed by atoms with Crippen LogP contribution in [0.2, 0.25) is 0 Å². The van der Waals surface area contributed by atoms with E-state index in [4.69, 9.17) is 0 Å². The second-order valence-electron chi connectivity index (χ2n) is 10.2. The van der Waals surface area contributed by atoms with Crippen LogP contribution in [0, 0.1) is 11.8 Å². The zero-order valence-corrected chi connectivity index (χ0v) is 19.4. The van der Waals surface area contributed by atoms with Gasteiger partial charge in [-0.05, 0) is 74.0 Å². The highest BCUT2D eigenvalue weighted by Gasteiger charge is 2.23. The average molecular weight is 425 g/mol. The maximum absolute atomic E-state index is 12.9. The number of nitrogens with zero attached hydrogens (tertiary/aromatic N) is 2. The molecular weight excluding hydrogens is 384 g/mol. The zero-order chi connectivity index (χ0) is 21.6. The Morgan fingerprint density at radius 3 is 2.29 bits per heavy atom. The maximum atomic E-state index is 12.9. The first kappa shape index (κ1) is 22.5. The molecule has 0 bridgehead atoms. The van der Waals surface area contributed by atoms with Crippen LogP contribution in [0.15, 0.2) is 18.2 Å². The minimum absolute atomic E-state index is 0.178. The van der Waals surface area contributed by atoms with E-state index in [0.717, 1.165) is 69.8 Å². The molecule has 0 unspecified atom stereocenters. The Hall–Kier alpha value is -1.68. The topological polar surface area (TPSA) is 40.6 Å². The van der Waals surface area contributed by atoms with Crippen LogP contribution < -0.4 is 0 Å². The lowest BCUT2D eigenvalue weighted by molar-refractivity contribution is -0.130. The minimum atomic E-state index is 0.178. The number of likely N-dealkylation sites (tertiary alicyclic amines) is 1. The van der Waals surface area contributed by atoms with Crippen molar-refractivity contribution in [2.75, 3.05) is 32.7 Å². The first-order chi connectivity index (χ1) is 15.1. The van der Waals surface area contributed by atoms with Gasteiger partial charge in [-0.2, -0.15) is 0 Å². The molecule has 2 fully saturated rings. The highest BCUT2D eigenvalue weighted by atomic mass is 16.2. The number of piperidine rings is 1. The molecule has 0 N–H and O–H groups in total. The molecule has 170 valence electrons. The predicted octanol–water partition coefficient (Wildman–Crippen LogP) is 4.89. The molecule has 4 nitrogen and oxygen atoms in total. The van der Waals surface area contributed by atoms with Gasteiger partial charge in [0, 0.05) is 51.6 Å². The Labute approximate surface area is 188 Å². The number of hydrogen-bond donors (Lipinski definition) is 0. The molecule has 0 atom stereocenters. The SMILES string of the molecule is CC(=O)N1CCC(CCC(=O)c2ccc3c(c2)CCN(CC2CCCCC2)CC3)CC1. The number of benzene rings is 1. The lowest BCUT2D eigenvalue weighted by Gasteiger charge is -2.31. The van der Waals surface area contributed by atoms with Crippen molar-refractivity contribution in [2.45, 2.75) is 77.6 Å². The molecule has 1 saturated heterocycles. The van der Waals surface area contributed by atoms with Crippen LogP contribution in [0.1, 0.15) is 86.2 Å². The fourth-order valence-electron chi connectivity index (χ4n) is 5.88. The van der Waals surface area contributed by atoms with Crippen LogP contribution in [0.25, 0.3) is 0 Å². The van der Waals surface area contributed by atoms with E-state index in [-0.39, 0.29) is 5.91 Å². The van der Waals surface area contributed by atoms with Crippen LogP contribution in [0.5, 0.6) is 0 Å². The average Bonchev–Trinajstić information content (AvgIpc) is 3.00. The summed E-state index contributed by atoms with van der Waals surface area (Å²) in [7, 11) is 0. The molecule has 4 rings (SSSR count). The van der Waals surface area contributed by atoms with Crippen molar-refractivity contribution in [3.05, 3.63) is 34.9 Å². The van der Waals surface area contributed by atoms with E-state index in [2.05, 4.69) is 23.1 Å². The molecule has 0 aromatic heterocycles. The summed E-state index contributed by atoms with van der Waals surface area (Å²) in [6.45, 7) is 6.92. The van der Waals surface area contributed by atoms with Gasteiger partial charge in [-0.1, -0.05) is 31.4 Å². The molecule has 1 aliphatic carbocycles. The predicted molar refractivity (Wildman–Crippen MR) is 125 cm³/mol. The van der Waals surface area contributed by atoms with Crippen LogP contribution in [0.3, 0.4) is 0 Å². The quantitative estimate of drug-likeness (QED) is 0.611. The molecule has 0 spiro atoms. The van der Waals surface area contributed by atoms with Crippen LogP contribution >= 0.6 is 0 Å². The number of hydrogen-bond acceptors (Lipinski definition) is 3. The Morgan fingerprint density at radius 1 is 0.871 bits per heavy atom. The summed E-state index contributed by atoms with van der Waals surface area (Å²) in [6.07, 6.45) is 12.9. The van der Waals surface area contributed by atoms with Crippen molar-refractivity contribution >= 4 is 11.7 Å². The largest absolute Gasteiger partial charge is 0.343 e. The van der Waals surface area contributed by atoms with Crippen LogP contribution in [-0.4, -0.2) is 54.2 Å². The number of ketones is 1. The van der Waals surface area contributed by atoms with Gasteiger partial charge in [-0.3, -0.25) is 9.59 Å². The van der Waals surface area contributed by atoms with Crippen molar-refractivity contribution in [2.24, 2.45) is 11.8 Å². The van der Waals surface area contributed by atoms with Crippen LogP contribution in [0.4, 0.5) is 0 Å². The van der Waals surface area contributed by atoms with Crippen molar-refractivity contribution in [3.8, 4) is 0 Å². The molecule has 1 saturated carbocycles. The lowest BCUT2D eigenvalue weighted by Crippen LogP contribution is -2.37. The number of carbonyl (C=O) groups is 2. The van der Waals surface area contributed by atoms with Crippen molar-refractivity contribution in [3.63, 3.8) is 0 Å². The number of amides is 1. The minimum Gasteiger partial charge on any atom is -0.343 e. The summed E-state index contributed by atoms with van der Waals surface area (Å²) in [6, 6.07) is 6.48. The molecule has 1 amide bonds. The third-order valence-corrected chi connectivity index (χ3v) is 8.00. The molecule has 0 radical (unpaired) electrons. The second-order valence-corrected chi connectivity index (χ2v) is 10.2. The summed E-state index contributed by atoms with van der Waals surface area (Å²) in [5, 5.41) is 0. The first-order valence-corrected chi connectivity index (χ1v) is 12.7. The number of carbonyl (C=O) groups excluding carboxylic acids is 2. The van der Waals surface area contributed by atoms with Gasteiger partial charge in [0.25, 0.3) is 0 Å². The van der Waals surface area contributed by atoms with Crippen LogP contribution in [-0.2, 0) is 17.6 Å². The van der Waals surface area contributed by atoms with E-state index in [0.29, 0.717) is 18.1 Å². The molecule has 4 heteroatoms. The number of Topliss-reactive ketones (excluding diaryl/α,β-unsaturated/α-hetero) is 1. The highest BCUT2D eigenvalue weighted by molar-refractivity contribution is 5.96. The van der Waals surface area contributed by atoms with Gasteiger partial charge < -0.3 is 9.80 Å². The molecule has 2 aliphatic heterocycles. The molecule has 3 aliphatic rings. The second kappa shape index (κ2) is 10.8. The Balaban J connectivity index is 1.26. The van der Waals surface area contributed by atoms with E-state index >= 15 is 0 Å². The summed E-state index contributed by atoms with van der Waals surface area (Å²) in [4.78, 5) is 29.0. The van der Waals surface area contributed by atoms with Crippen molar-refractivity contribution in [1.29, 1.82) is 0 Å². The maximum Gasteiger partial charge on any atom is 0.219 e. The zero-order valence-electron chi connectivity index (χ0n) is 19.4. The fraction of sp³-hybridized carbons (Fsp3) is 0.704. The molecular formula is C27H40N2O2. The summed E-state index contributed by atoms with van der Waals surface area (Å²) in [5.74, 6) is 1.94. The number of rotatable bonds is 6. The molecule has 1 aromatic carbocycles. The van der Waals surface area contributed by atoms with Gasteiger partial charge in [0.1, 0.15) is 0 Å². The summed E-state index contributed by atoms with van der Waals surface area (Å²) >= 11 is 0. The van der Waals surface area contributed by atoms with Gasteiger partial charge in [-0.25, -0.2) is 0 Å². The normalized spacial score (nSPS) is 21.5. The summed E-state index contributed by atoms with van der Waals surface area (Å²) < 4.78 is 0. The molecule has 31 heavy (non-hydrogen) atoms. The third-order valence-electron chi connectivity index (χ3n) is 8.00. The number of fused-ring (bicyclic) bond motifs is 1. The lowest BCUT2D eigenvalue weighted by atomic mass is 9.89. The van der Waals surface area contributed by atoms with Gasteiger partial charge in [0.2, 0.25) is 5.91 Å². The standard InChI is InChI=1S/C27H40N2O2/c1-21(30)29-17-11-22(12-18-29)7-10-27(31)26-9-8-24-13-15-28(16-14-25(24)19-26)20-23-5-3-2-4-6-23/h8-9,19,22-23H,2-7,10-18,20H2,1H3. The van der Waals surface area contributed by atoms with Crippen molar-refractivity contribution < 1.29 is 9.59 Å². The van der Waals surface area contributed by atoms with E-state index in [1.165, 1.54) is 49.8 Å². The van der Waals surface area contributed by atoms with E-state index in [9.17, 15) is 9.59 Å². The van der Waals surface area contributed by atoms with E-state index in [1.54, 1.807) is 6.92 Å². The highest BCUT2D eigenvalue weighted by Crippen LogP contribution is 2.27. The fourth-order valence-corrected chi connectivity index (χ4v) is 5.88. The first-order valence-electron chi connectivity index (χ1n) is 12.7. The van der Waals surface area contributed by atoms with Crippen molar-refractivity contribution in [1.82, 2.24) is 9.80 Å². The van der Waals surface area contributed by atoms with Gasteiger partial charge >= 0.3 is 0 Å².